The van der Waals surface area contributed by atoms with E-state index in [2.05, 4.69) is 40.4 Å². The average Bonchev–Trinajstić information content (AvgIpc) is 3.21. The van der Waals surface area contributed by atoms with Gasteiger partial charge in [0, 0.05) is 22.8 Å². The first-order valence-corrected chi connectivity index (χ1v) is 12.6. The Morgan fingerprint density at radius 1 is 0.972 bits per heavy atom. The van der Waals surface area contributed by atoms with Crippen molar-refractivity contribution in [3.63, 3.8) is 0 Å². The number of hydrogen-bond donors (Lipinski definition) is 1. The molecular weight excluding hydrogens is 474 g/mol. The number of benzene rings is 2. The molecule has 7 nitrogen and oxygen atoms in total. The summed E-state index contributed by atoms with van der Waals surface area (Å²) in [5, 5.41) is 21.3. The van der Waals surface area contributed by atoms with E-state index in [0.29, 0.717) is 29.4 Å². The summed E-state index contributed by atoms with van der Waals surface area (Å²) in [4.78, 5) is 17.8. The minimum Gasteiger partial charge on any atom is -0.391 e. The van der Waals surface area contributed by atoms with Crippen LogP contribution in [0.1, 0.15) is 43.0 Å². The van der Waals surface area contributed by atoms with E-state index in [9.17, 15) is 9.90 Å². The molecule has 0 saturated heterocycles. The van der Waals surface area contributed by atoms with Gasteiger partial charge in [-0.15, -0.1) is 0 Å². The number of aromatic nitrogens is 5. The quantitative estimate of drug-likeness (QED) is 0.365. The molecule has 3 aliphatic rings. The largest absolute Gasteiger partial charge is 0.391 e. The van der Waals surface area contributed by atoms with Gasteiger partial charge in [0.25, 0.3) is 5.56 Å². The van der Waals surface area contributed by atoms with Gasteiger partial charge >= 0.3 is 0 Å². The van der Waals surface area contributed by atoms with Gasteiger partial charge in [-0.1, -0.05) is 66.9 Å². The van der Waals surface area contributed by atoms with Crippen molar-refractivity contribution in [1.29, 1.82) is 0 Å². The number of aliphatic hydroxyl groups is 1. The SMILES string of the molecule is Cc1ccc(-c2ccc(Cn3nc4c(=O)n([C@H]5CCCCC5O)nc-4c4cccc(Cl)c43)cc2)cn1. The van der Waals surface area contributed by atoms with Crippen LogP contribution in [0.2, 0.25) is 5.02 Å². The first kappa shape index (κ1) is 22.9. The Hall–Kier alpha value is -3.55. The Labute approximate surface area is 213 Å². The summed E-state index contributed by atoms with van der Waals surface area (Å²) in [7, 11) is 0. The number of nitrogens with zero attached hydrogens (tertiary/aromatic N) is 5. The van der Waals surface area contributed by atoms with Gasteiger partial charge < -0.3 is 5.11 Å². The zero-order valence-corrected chi connectivity index (χ0v) is 20.7. The van der Waals surface area contributed by atoms with Gasteiger partial charge in [0.05, 0.1) is 29.2 Å². The van der Waals surface area contributed by atoms with E-state index in [1.54, 1.807) is 4.68 Å². The monoisotopic (exact) mass is 499 g/mol. The molecule has 1 aliphatic carbocycles. The Balaban J connectivity index is 1.43. The van der Waals surface area contributed by atoms with Gasteiger partial charge in [0.2, 0.25) is 0 Å². The molecule has 2 atom stereocenters. The van der Waals surface area contributed by atoms with Crippen LogP contribution >= 0.6 is 11.6 Å². The molecule has 0 spiro atoms. The van der Waals surface area contributed by atoms with Crippen LogP contribution in [0.25, 0.3) is 33.4 Å². The maximum absolute atomic E-state index is 13.4. The molecule has 8 heteroatoms. The van der Waals surface area contributed by atoms with E-state index >= 15 is 0 Å². The van der Waals surface area contributed by atoms with Gasteiger partial charge in [-0.2, -0.15) is 10.2 Å². The second-order valence-corrected chi connectivity index (χ2v) is 9.95. The van der Waals surface area contributed by atoms with Crippen LogP contribution < -0.4 is 5.56 Å². The molecule has 3 aromatic rings. The number of halogens is 1. The number of aryl methyl sites for hydroxylation is 1. The lowest BCUT2D eigenvalue weighted by atomic mass is 9.93. The Morgan fingerprint density at radius 3 is 2.50 bits per heavy atom. The number of fused-ring (bicyclic) bond motifs is 3. The summed E-state index contributed by atoms with van der Waals surface area (Å²) in [6, 6.07) is 17.6. The number of aliphatic hydroxyl groups excluding tert-OH is 1. The van der Waals surface area contributed by atoms with E-state index in [-0.39, 0.29) is 11.6 Å². The maximum atomic E-state index is 13.4. The molecule has 6 rings (SSSR count). The molecule has 0 bridgehead atoms. The third kappa shape index (κ3) is 3.98. The van der Waals surface area contributed by atoms with Crippen LogP contribution in [0.5, 0.6) is 0 Å². The zero-order valence-electron chi connectivity index (χ0n) is 19.9. The van der Waals surface area contributed by atoms with E-state index < -0.39 is 6.10 Å². The van der Waals surface area contributed by atoms with Crippen LogP contribution in [0, 0.1) is 6.92 Å². The number of pyridine rings is 1. The molecule has 36 heavy (non-hydrogen) atoms. The molecule has 182 valence electrons. The highest BCUT2D eigenvalue weighted by molar-refractivity contribution is 6.35. The lowest BCUT2D eigenvalue weighted by Gasteiger charge is -2.26. The highest BCUT2D eigenvalue weighted by Gasteiger charge is 2.31. The van der Waals surface area contributed by atoms with Gasteiger partial charge in [0.1, 0.15) is 5.69 Å². The standard InChI is InChI=1S/C28H26ClN5O2/c1-17-9-12-20(15-30-17)19-13-10-18(11-14-19)16-33-27-21(5-4-6-22(27)29)25-26(31-33)28(36)34(32-25)23-7-2-3-8-24(23)35/h4-6,9-15,23-24,35H,2-3,7-8,16H2,1H3/t23-,24?/m0/s1. The normalized spacial score (nSPS) is 18.2. The highest BCUT2D eigenvalue weighted by Crippen LogP contribution is 2.33. The summed E-state index contributed by atoms with van der Waals surface area (Å²) in [5.74, 6) is 0. The van der Waals surface area contributed by atoms with Gasteiger partial charge in [0.15, 0.2) is 5.69 Å². The number of hydrogen-bond acceptors (Lipinski definition) is 5. The molecule has 1 N–H and O–H groups in total. The molecule has 0 amide bonds. The van der Waals surface area contributed by atoms with Crippen LogP contribution in [0.4, 0.5) is 0 Å². The fourth-order valence-electron chi connectivity index (χ4n) is 5.15. The van der Waals surface area contributed by atoms with Crippen LogP contribution in [0.15, 0.2) is 65.6 Å². The summed E-state index contributed by atoms with van der Waals surface area (Å²) in [6.45, 7) is 2.41. The molecule has 2 aliphatic heterocycles. The summed E-state index contributed by atoms with van der Waals surface area (Å²) in [6.07, 6.45) is 4.62. The Bertz CT molecular complexity index is 1570. The first-order valence-electron chi connectivity index (χ1n) is 12.3. The average molecular weight is 500 g/mol. The van der Waals surface area contributed by atoms with Crippen LogP contribution in [-0.2, 0) is 6.54 Å². The van der Waals surface area contributed by atoms with Crippen molar-refractivity contribution in [2.24, 2.45) is 0 Å². The predicted molar refractivity (Wildman–Crippen MR) is 140 cm³/mol. The molecule has 3 heterocycles. The Morgan fingerprint density at radius 2 is 1.75 bits per heavy atom. The lowest BCUT2D eigenvalue weighted by Crippen LogP contribution is -2.33. The van der Waals surface area contributed by atoms with Crippen LogP contribution in [0.3, 0.4) is 0 Å². The van der Waals surface area contributed by atoms with Gasteiger partial charge in [-0.05, 0) is 43.0 Å². The molecular formula is C28H26ClN5O2. The van der Waals surface area contributed by atoms with Crippen molar-refractivity contribution in [2.45, 2.75) is 51.3 Å². The lowest BCUT2D eigenvalue weighted by molar-refractivity contribution is 0.0681. The molecule has 1 saturated carbocycles. The third-order valence-electron chi connectivity index (χ3n) is 7.10. The van der Waals surface area contributed by atoms with Gasteiger partial charge in [-0.3, -0.25) is 14.5 Å². The van der Waals surface area contributed by atoms with Crippen molar-refractivity contribution in [3.05, 3.63) is 87.4 Å². The predicted octanol–water partition coefficient (Wildman–Crippen LogP) is 5.25. The minimum absolute atomic E-state index is 0.270. The summed E-state index contributed by atoms with van der Waals surface area (Å²) < 4.78 is 3.23. The fourth-order valence-corrected chi connectivity index (χ4v) is 5.42. The molecule has 2 aromatic carbocycles. The summed E-state index contributed by atoms with van der Waals surface area (Å²) in [5.41, 5.74) is 5.42. The molecule has 1 aromatic heterocycles. The molecule has 0 radical (unpaired) electrons. The fraction of sp³-hybridized carbons (Fsp3) is 0.286. The van der Waals surface area contributed by atoms with Crippen molar-refractivity contribution < 1.29 is 5.11 Å². The molecule has 1 fully saturated rings. The maximum Gasteiger partial charge on any atom is 0.297 e. The first-order chi connectivity index (χ1) is 17.5. The second kappa shape index (κ2) is 9.15. The third-order valence-corrected chi connectivity index (χ3v) is 7.41. The topological polar surface area (TPSA) is 85.8 Å². The van der Waals surface area contributed by atoms with Crippen molar-refractivity contribution >= 4 is 22.5 Å². The zero-order chi connectivity index (χ0) is 24.8. The summed E-state index contributed by atoms with van der Waals surface area (Å²) >= 11 is 6.64. The van der Waals surface area contributed by atoms with Crippen molar-refractivity contribution in [2.75, 3.05) is 0 Å². The Kier molecular flexibility index (Phi) is 5.82. The second-order valence-electron chi connectivity index (χ2n) is 9.54. The van der Waals surface area contributed by atoms with E-state index in [1.807, 2.05) is 37.4 Å². The number of rotatable bonds is 4. The molecule has 1 unspecified atom stereocenters. The van der Waals surface area contributed by atoms with Crippen LogP contribution in [-0.4, -0.2) is 35.8 Å². The van der Waals surface area contributed by atoms with E-state index in [4.69, 9.17) is 16.7 Å². The van der Waals surface area contributed by atoms with E-state index in [0.717, 1.165) is 52.5 Å². The van der Waals surface area contributed by atoms with Gasteiger partial charge in [-0.25, -0.2) is 4.68 Å². The smallest absolute Gasteiger partial charge is 0.297 e. The van der Waals surface area contributed by atoms with E-state index in [1.165, 1.54) is 4.68 Å². The number of para-hydroxylation sites is 1. The highest BCUT2D eigenvalue weighted by atomic mass is 35.5. The van der Waals surface area contributed by atoms with Crippen molar-refractivity contribution in [1.82, 2.24) is 24.5 Å². The minimum atomic E-state index is -0.579. The van der Waals surface area contributed by atoms with Crippen molar-refractivity contribution in [3.8, 4) is 22.5 Å².